The SMILES string of the molecule is CC(C)(C)B(c1ccccc1)C(C)(C)C. The molecule has 0 saturated heterocycles. The molecule has 0 aliphatic carbocycles. The average molecular weight is 202 g/mol. The van der Waals surface area contributed by atoms with Crippen LogP contribution in [-0.2, 0) is 0 Å². The molecule has 1 heteroatoms. The van der Waals surface area contributed by atoms with E-state index in [0.717, 1.165) is 0 Å². The fourth-order valence-electron chi connectivity index (χ4n) is 2.94. The van der Waals surface area contributed by atoms with Crippen LogP contribution >= 0.6 is 0 Å². The van der Waals surface area contributed by atoms with E-state index in [1.807, 2.05) is 0 Å². The lowest BCUT2D eigenvalue weighted by molar-refractivity contribution is 0.653. The van der Waals surface area contributed by atoms with E-state index >= 15 is 0 Å². The number of hydrogen-bond acceptors (Lipinski definition) is 0. The first kappa shape index (κ1) is 12.4. The Bertz CT molecular complexity index is 286. The van der Waals surface area contributed by atoms with E-state index in [-0.39, 0.29) is 0 Å². The van der Waals surface area contributed by atoms with E-state index in [0.29, 0.717) is 17.3 Å². The van der Waals surface area contributed by atoms with Crippen molar-refractivity contribution in [1.29, 1.82) is 0 Å². The van der Waals surface area contributed by atoms with Gasteiger partial charge in [0.05, 0.1) is 0 Å². The third-order valence-corrected chi connectivity index (χ3v) is 2.86. The highest BCUT2D eigenvalue weighted by atomic mass is 14.2. The highest BCUT2D eigenvalue weighted by Gasteiger charge is 2.39. The van der Waals surface area contributed by atoms with Gasteiger partial charge in [-0.15, -0.1) is 0 Å². The summed E-state index contributed by atoms with van der Waals surface area (Å²) in [5.74, 6) is 0. The minimum Gasteiger partial charge on any atom is -0.0789 e. The molecule has 82 valence electrons. The van der Waals surface area contributed by atoms with Gasteiger partial charge in [-0.2, -0.15) is 0 Å². The highest BCUT2D eigenvalue weighted by molar-refractivity contribution is 6.78. The fourth-order valence-corrected chi connectivity index (χ4v) is 2.94. The molecular formula is C14H23B. The molecule has 1 aromatic carbocycles. The zero-order chi connectivity index (χ0) is 11.7. The molecule has 0 atom stereocenters. The van der Waals surface area contributed by atoms with Crippen molar-refractivity contribution in [1.82, 2.24) is 0 Å². The van der Waals surface area contributed by atoms with Crippen LogP contribution in [0.4, 0.5) is 0 Å². The normalized spacial score (nSPS) is 12.7. The Balaban J connectivity index is 3.15. The number of rotatable bonds is 1. The maximum Gasteiger partial charge on any atom is 0.186 e. The van der Waals surface area contributed by atoms with E-state index in [2.05, 4.69) is 71.9 Å². The summed E-state index contributed by atoms with van der Waals surface area (Å²) in [6.07, 6.45) is 0. The van der Waals surface area contributed by atoms with Gasteiger partial charge in [0.25, 0.3) is 0 Å². The molecule has 1 aromatic rings. The Morgan fingerprint density at radius 3 is 1.47 bits per heavy atom. The summed E-state index contributed by atoms with van der Waals surface area (Å²) in [6.45, 7) is 14.6. The molecule has 0 spiro atoms. The fraction of sp³-hybridized carbons (Fsp3) is 0.571. The molecule has 0 nitrogen and oxygen atoms in total. The highest BCUT2D eigenvalue weighted by Crippen LogP contribution is 2.41. The first-order chi connectivity index (χ1) is 6.73. The summed E-state index contributed by atoms with van der Waals surface area (Å²) in [6, 6.07) is 10.9. The minimum absolute atomic E-state index is 0.305. The molecule has 0 aliphatic rings. The minimum atomic E-state index is 0.305. The van der Waals surface area contributed by atoms with E-state index in [1.165, 1.54) is 5.46 Å². The van der Waals surface area contributed by atoms with Gasteiger partial charge in [0.15, 0.2) is 6.71 Å². The molecular weight excluding hydrogens is 179 g/mol. The standard InChI is InChI=1S/C14H23B/c1-13(2,3)15(14(4,5)6)12-10-8-7-9-11-12/h7-11H,1-6H3. The van der Waals surface area contributed by atoms with Crippen LogP contribution < -0.4 is 5.46 Å². The zero-order valence-corrected chi connectivity index (χ0v) is 11.0. The monoisotopic (exact) mass is 202 g/mol. The number of hydrogen-bond donors (Lipinski definition) is 0. The largest absolute Gasteiger partial charge is 0.186 e. The third-order valence-electron chi connectivity index (χ3n) is 2.86. The van der Waals surface area contributed by atoms with Crippen LogP contribution in [0.5, 0.6) is 0 Å². The van der Waals surface area contributed by atoms with E-state index in [4.69, 9.17) is 0 Å². The van der Waals surface area contributed by atoms with Gasteiger partial charge < -0.3 is 0 Å². The first-order valence-corrected chi connectivity index (χ1v) is 5.78. The van der Waals surface area contributed by atoms with Gasteiger partial charge in [0.1, 0.15) is 0 Å². The lowest BCUT2D eigenvalue weighted by Gasteiger charge is -2.38. The topological polar surface area (TPSA) is 0 Å². The van der Waals surface area contributed by atoms with Crippen molar-refractivity contribution in [2.45, 2.75) is 52.2 Å². The summed E-state index contributed by atoms with van der Waals surface area (Å²) in [5.41, 5.74) is 1.46. The molecule has 0 saturated carbocycles. The van der Waals surface area contributed by atoms with Gasteiger partial charge >= 0.3 is 0 Å². The van der Waals surface area contributed by atoms with Crippen molar-refractivity contribution < 1.29 is 0 Å². The van der Waals surface area contributed by atoms with Gasteiger partial charge in [-0.05, 0) is 0 Å². The molecule has 0 fully saturated rings. The first-order valence-electron chi connectivity index (χ1n) is 5.78. The Kier molecular flexibility index (Phi) is 3.33. The van der Waals surface area contributed by atoms with Gasteiger partial charge in [-0.1, -0.05) is 88.0 Å². The second kappa shape index (κ2) is 4.04. The van der Waals surface area contributed by atoms with Crippen LogP contribution in [0.15, 0.2) is 30.3 Å². The van der Waals surface area contributed by atoms with Gasteiger partial charge in [-0.3, -0.25) is 0 Å². The molecule has 0 aromatic heterocycles. The van der Waals surface area contributed by atoms with Crippen LogP contribution in [0.3, 0.4) is 0 Å². The van der Waals surface area contributed by atoms with Crippen molar-refractivity contribution in [2.75, 3.05) is 0 Å². The molecule has 0 unspecified atom stereocenters. The molecule has 0 heterocycles. The summed E-state index contributed by atoms with van der Waals surface area (Å²) in [4.78, 5) is 0. The van der Waals surface area contributed by atoms with Crippen molar-refractivity contribution in [3.05, 3.63) is 30.3 Å². The molecule has 0 radical (unpaired) electrons. The third kappa shape index (κ3) is 3.12. The molecule has 1 rings (SSSR count). The van der Waals surface area contributed by atoms with Crippen molar-refractivity contribution in [3.63, 3.8) is 0 Å². The quantitative estimate of drug-likeness (QED) is 0.604. The van der Waals surface area contributed by atoms with Crippen LogP contribution in [0.1, 0.15) is 41.5 Å². The van der Waals surface area contributed by atoms with Crippen LogP contribution in [0.2, 0.25) is 10.6 Å². The Hall–Kier alpha value is -0.715. The predicted octanol–water partition coefficient (Wildman–Crippen LogP) is 3.99. The lowest BCUT2D eigenvalue weighted by Crippen LogP contribution is -2.45. The van der Waals surface area contributed by atoms with Gasteiger partial charge in [0.2, 0.25) is 0 Å². The second-order valence-electron chi connectivity index (χ2n) is 6.58. The van der Waals surface area contributed by atoms with Crippen LogP contribution in [0, 0.1) is 0 Å². The molecule has 0 bridgehead atoms. The summed E-state index contributed by atoms with van der Waals surface area (Å²) < 4.78 is 0. The zero-order valence-electron chi connectivity index (χ0n) is 11.0. The van der Waals surface area contributed by atoms with E-state index < -0.39 is 0 Å². The van der Waals surface area contributed by atoms with E-state index in [1.54, 1.807) is 0 Å². The lowest BCUT2D eigenvalue weighted by atomic mass is 9.21. The Labute approximate surface area is 95.2 Å². The van der Waals surface area contributed by atoms with Crippen LogP contribution in [-0.4, -0.2) is 6.71 Å². The molecule has 0 N–H and O–H groups in total. The molecule has 0 aliphatic heterocycles. The van der Waals surface area contributed by atoms with Gasteiger partial charge in [-0.25, -0.2) is 0 Å². The Morgan fingerprint density at radius 1 is 0.733 bits per heavy atom. The maximum absolute atomic E-state index is 2.33. The van der Waals surface area contributed by atoms with E-state index in [9.17, 15) is 0 Å². The maximum atomic E-state index is 2.33. The number of benzene rings is 1. The predicted molar refractivity (Wildman–Crippen MR) is 71.3 cm³/mol. The smallest absolute Gasteiger partial charge is 0.0789 e. The van der Waals surface area contributed by atoms with Gasteiger partial charge in [0, 0.05) is 0 Å². The summed E-state index contributed by atoms with van der Waals surface area (Å²) in [5, 5.41) is 0.610. The summed E-state index contributed by atoms with van der Waals surface area (Å²) >= 11 is 0. The van der Waals surface area contributed by atoms with Crippen LogP contribution in [0.25, 0.3) is 0 Å². The average Bonchev–Trinajstić information content (AvgIpc) is 2.00. The molecule has 0 amide bonds. The Morgan fingerprint density at radius 2 is 1.13 bits per heavy atom. The molecule has 15 heavy (non-hydrogen) atoms. The summed E-state index contributed by atoms with van der Waals surface area (Å²) in [7, 11) is 0. The van der Waals surface area contributed by atoms with Crippen molar-refractivity contribution in [2.24, 2.45) is 0 Å². The van der Waals surface area contributed by atoms with Crippen molar-refractivity contribution >= 4 is 12.2 Å². The van der Waals surface area contributed by atoms with Crippen molar-refractivity contribution in [3.8, 4) is 0 Å². The second-order valence-corrected chi connectivity index (χ2v) is 6.58.